The van der Waals surface area contributed by atoms with Gasteiger partial charge < -0.3 is 20.1 Å². The molecule has 0 fully saturated rings. The number of aromatic amines is 1. The van der Waals surface area contributed by atoms with Crippen molar-refractivity contribution in [1.29, 1.82) is 0 Å². The predicted octanol–water partition coefficient (Wildman–Crippen LogP) is 3.58. The van der Waals surface area contributed by atoms with Gasteiger partial charge in [0.15, 0.2) is 6.10 Å². The molecule has 0 saturated heterocycles. The van der Waals surface area contributed by atoms with Crippen molar-refractivity contribution >= 4 is 34.4 Å². The number of methoxy groups -OCH3 is 1. The number of carbonyl (C=O) groups is 2. The van der Waals surface area contributed by atoms with E-state index in [-0.39, 0.29) is 5.56 Å². The SMILES string of the molecule is COC(C(=O)NC(C)c1cc(Cl)cc2cc(C(=O)O)c(=O)[nH]c12)c1ccccc1F. The molecule has 3 aromatic rings. The molecule has 1 heterocycles. The monoisotopic (exact) mass is 432 g/mol. The van der Waals surface area contributed by atoms with Gasteiger partial charge in [0.05, 0.1) is 11.6 Å². The van der Waals surface area contributed by atoms with Gasteiger partial charge in [-0.3, -0.25) is 9.59 Å². The Morgan fingerprint density at radius 2 is 1.90 bits per heavy atom. The van der Waals surface area contributed by atoms with Crippen molar-refractivity contribution in [2.24, 2.45) is 0 Å². The van der Waals surface area contributed by atoms with Crippen LogP contribution < -0.4 is 10.9 Å². The molecule has 0 spiro atoms. The molecule has 30 heavy (non-hydrogen) atoms. The molecule has 0 aliphatic rings. The van der Waals surface area contributed by atoms with E-state index in [4.69, 9.17) is 21.4 Å². The Labute approximate surface area is 175 Å². The zero-order valence-electron chi connectivity index (χ0n) is 16.0. The minimum atomic E-state index is -1.37. The van der Waals surface area contributed by atoms with Crippen molar-refractivity contribution in [2.45, 2.75) is 19.1 Å². The number of carbonyl (C=O) groups excluding carboxylic acids is 1. The highest BCUT2D eigenvalue weighted by Gasteiger charge is 2.25. The van der Waals surface area contributed by atoms with Crippen LogP contribution in [0, 0.1) is 5.82 Å². The number of carboxylic acids is 1. The second-order valence-electron chi connectivity index (χ2n) is 6.64. The summed E-state index contributed by atoms with van der Waals surface area (Å²) in [5, 5.41) is 12.6. The number of carboxylic acid groups (broad SMARTS) is 1. The summed E-state index contributed by atoms with van der Waals surface area (Å²) < 4.78 is 19.3. The fraction of sp³-hybridized carbons (Fsp3) is 0.190. The first-order valence-corrected chi connectivity index (χ1v) is 9.28. The van der Waals surface area contributed by atoms with Crippen LogP contribution in [-0.2, 0) is 9.53 Å². The molecule has 2 aromatic carbocycles. The van der Waals surface area contributed by atoms with Gasteiger partial charge in [0.25, 0.3) is 11.5 Å². The zero-order chi connectivity index (χ0) is 22.0. The maximum absolute atomic E-state index is 14.1. The van der Waals surface area contributed by atoms with E-state index in [0.29, 0.717) is 21.5 Å². The van der Waals surface area contributed by atoms with Crippen LogP contribution in [0.3, 0.4) is 0 Å². The van der Waals surface area contributed by atoms with Crippen molar-refractivity contribution in [1.82, 2.24) is 10.3 Å². The molecule has 0 radical (unpaired) electrons. The van der Waals surface area contributed by atoms with Gasteiger partial charge in [-0.1, -0.05) is 29.8 Å². The number of amides is 1. The van der Waals surface area contributed by atoms with E-state index in [1.807, 2.05) is 0 Å². The number of H-pyrrole nitrogens is 1. The van der Waals surface area contributed by atoms with Gasteiger partial charge in [-0.15, -0.1) is 0 Å². The Balaban J connectivity index is 1.98. The Morgan fingerprint density at radius 1 is 1.20 bits per heavy atom. The first-order valence-electron chi connectivity index (χ1n) is 8.90. The highest BCUT2D eigenvalue weighted by Crippen LogP contribution is 2.28. The van der Waals surface area contributed by atoms with Crippen LogP contribution in [0.15, 0.2) is 47.3 Å². The third-order valence-corrected chi connectivity index (χ3v) is 4.88. The molecule has 3 rings (SSSR count). The largest absolute Gasteiger partial charge is 0.477 e. The number of rotatable bonds is 6. The minimum Gasteiger partial charge on any atom is -0.477 e. The van der Waals surface area contributed by atoms with E-state index in [0.717, 1.165) is 0 Å². The van der Waals surface area contributed by atoms with Crippen molar-refractivity contribution < 1.29 is 23.8 Å². The van der Waals surface area contributed by atoms with E-state index in [9.17, 15) is 18.8 Å². The zero-order valence-corrected chi connectivity index (χ0v) is 16.8. The molecule has 0 aliphatic carbocycles. The standard InChI is InChI=1S/C21H18ClFN2O5/c1-10(24-20(27)18(30-2)13-5-3-4-6-16(13)23)14-9-12(22)7-11-8-15(21(28)29)19(26)25-17(11)14/h3-10,18H,1-2H3,(H,24,27)(H,25,26)(H,28,29). The Bertz CT molecular complexity index is 1190. The molecule has 1 aromatic heterocycles. The molecule has 156 valence electrons. The van der Waals surface area contributed by atoms with Crippen molar-refractivity contribution in [3.63, 3.8) is 0 Å². The number of ether oxygens (including phenoxy) is 1. The van der Waals surface area contributed by atoms with Crippen LogP contribution in [0.5, 0.6) is 0 Å². The number of benzene rings is 2. The second kappa shape index (κ2) is 8.64. The highest BCUT2D eigenvalue weighted by atomic mass is 35.5. The molecule has 3 N–H and O–H groups in total. The van der Waals surface area contributed by atoms with E-state index < -0.39 is 41.0 Å². The summed E-state index contributed by atoms with van der Waals surface area (Å²) in [5.41, 5.74) is -0.324. The Morgan fingerprint density at radius 3 is 2.53 bits per heavy atom. The Kier molecular flexibility index (Phi) is 6.19. The number of pyridine rings is 1. The number of nitrogens with one attached hydrogen (secondary N) is 2. The maximum Gasteiger partial charge on any atom is 0.341 e. The van der Waals surface area contributed by atoms with Gasteiger partial charge in [0, 0.05) is 23.1 Å². The van der Waals surface area contributed by atoms with Crippen LogP contribution in [-0.4, -0.2) is 29.1 Å². The van der Waals surface area contributed by atoms with Gasteiger partial charge in [-0.2, -0.15) is 0 Å². The van der Waals surface area contributed by atoms with E-state index in [1.165, 1.54) is 37.4 Å². The van der Waals surface area contributed by atoms with Gasteiger partial charge in [-0.05, 0) is 36.8 Å². The first-order chi connectivity index (χ1) is 14.2. The summed E-state index contributed by atoms with van der Waals surface area (Å²) in [6.45, 7) is 1.65. The average molecular weight is 433 g/mol. The number of halogens is 2. The third-order valence-electron chi connectivity index (χ3n) is 4.66. The lowest BCUT2D eigenvalue weighted by atomic mass is 10.0. The number of hydrogen-bond acceptors (Lipinski definition) is 4. The summed E-state index contributed by atoms with van der Waals surface area (Å²) in [5.74, 6) is -2.53. The van der Waals surface area contributed by atoms with Gasteiger partial charge >= 0.3 is 5.97 Å². The fourth-order valence-electron chi connectivity index (χ4n) is 3.24. The summed E-state index contributed by atoms with van der Waals surface area (Å²) in [6, 6.07) is 9.40. The van der Waals surface area contributed by atoms with Crippen LogP contribution >= 0.6 is 11.6 Å². The lowest BCUT2D eigenvalue weighted by molar-refractivity contribution is -0.132. The highest BCUT2D eigenvalue weighted by molar-refractivity contribution is 6.31. The molecule has 0 bridgehead atoms. The minimum absolute atomic E-state index is 0.0835. The molecular weight excluding hydrogens is 415 g/mol. The summed E-state index contributed by atoms with van der Waals surface area (Å²) >= 11 is 6.16. The van der Waals surface area contributed by atoms with Crippen molar-refractivity contribution in [3.05, 3.63) is 80.3 Å². The van der Waals surface area contributed by atoms with Crippen LogP contribution in [0.2, 0.25) is 5.02 Å². The average Bonchev–Trinajstić information content (AvgIpc) is 2.69. The summed E-state index contributed by atoms with van der Waals surface area (Å²) in [7, 11) is 1.29. The van der Waals surface area contributed by atoms with E-state index in [1.54, 1.807) is 19.1 Å². The van der Waals surface area contributed by atoms with E-state index >= 15 is 0 Å². The topological polar surface area (TPSA) is 108 Å². The van der Waals surface area contributed by atoms with Crippen LogP contribution in [0.4, 0.5) is 4.39 Å². The number of hydrogen-bond donors (Lipinski definition) is 3. The lowest BCUT2D eigenvalue weighted by Gasteiger charge is -2.21. The summed E-state index contributed by atoms with van der Waals surface area (Å²) in [4.78, 5) is 38.6. The Hall–Kier alpha value is -3.23. The first kappa shape index (κ1) is 21.5. The van der Waals surface area contributed by atoms with Gasteiger partial charge in [0.2, 0.25) is 0 Å². The molecular formula is C21H18ClFN2O5. The van der Waals surface area contributed by atoms with Crippen molar-refractivity contribution in [2.75, 3.05) is 7.11 Å². The summed E-state index contributed by atoms with van der Waals surface area (Å²) in [6.07, 6.45) is -1.18. The smallest absolute Gasteiger partial charge is 0.341 e. The quantitative estimate of drug-likeness (QED) is 0.551. The molecule has 7 nitrogen and oxygen atoms in total. The fourth-order valence-corrected chi connectivity index (χ4v) is 3.48. The molecule has 1 amide bonds. The third kappa shape index (κ3) is 4.19. The van der Waals surface area contributed by atoms with E-state index in [2.05, 4.69) is 10.3 Å². The molecule has 9 heteroatoms. The molecule has 0 aliphatic heterocycles. The maximum atomic E-state index is 14.1. The lowest BCUT2D eigenvalue weighted by Crippen LogP contribution is -2.33. The van der Waals surface area contributed by atoms with Gasteiger partial charge in [0.1, 0.15) is 11.4 Å². The molecule has 0 saturated carbocycles. The number of fused-ring (bicyclic) bond motifs is 1. The van der Waals surface area contributed by atoms with Crippen LogP contribution in [0.1, 0.15) is 40.6 Å². The van der Waals surface area contributed by atoms with Crippen LogP contribution in [0.25, 0.3) is 10.9 Å². The number of aromatic nitrogens is 1. The predicted molar refractivity (Wildman–Crippen MR) is 109 cm³/mol. The number of aromatic carboxylic acids is 1. The van der Waals surface area contributed by atoms with Gasteiger partial charge in [-0.25, -0.2) is 9.18 Å². The molecule has 2 unspecified atom stereocenters. The molecule has 2 atom stereocenters. The normalized spacial score (nSPS) is 13.1. The van der Waals surface area contributed by atoms with Crippen molar-refractivity contribution in [3.8, 4) is 0 Å². The second-order valence-corrected chi connectivity index (χ2v) is 7.08.